The van der Waals surface area contributed by atoms with Crippen molar-refractivity contribution < 1.29 is 4.39 Å². The molecule has 0 aliphatic rings. The second-order valence-electron chi connectivity index (χ2n) is 4.14. The molecule has 0 saturated heterocycles. The summed E-state index contributed by atoms with van der Waals surface area (Å²) in [6.07, 6.45) is 1.82. The van der Waals surface area contributed by atoms with Crippen LogP contribution in [0.2, 0.25) is 0 Å². The predicted octanol–water partition coefficient (Wildman–Crippen LogP) is 3.09. The minimum atomic E-state index is -0.467. The predicted molar refractivity (Wildman–Crippen MR) is 71.3 cm³/mol. The van der Waals surface area contributed by atoms with E-state index in [9.17, 15) is 4.39 Å². The second-order valence-corrected chi connectivity index (χ2v) is 4.14. The molecule has 0 fully saturated rings. The number of benzene rings is 1. The molecule has 0 amide bonds. The second kappa shape index (κ2) is 5.87. The van der Waals surface area contributed by atoms with Crippen LogP contribution in [-0.4, -0.2) is 19.0 Å². The van der Waals surface area contributed by atoms with E-state index in [0.717, 1.165) is 5.70 Å². The summed E-state index contributed by atoms with van der Waals surface area (Å²) in [6.45, 7) is 5.74. The van der Waals surface area contributed by atoms with Crippen molar-refractivity contribution in [1.82, 2.24) is 4.90 Å². The molecule has 0 unspecified atom stereocenters. The SMILES string of the molecule is C=C(/C=C(/C)N(C)C)Nc1ccc(C#N)cc1F. The van der Waals surface area contributed by atoms with E-state index in [2.05, 4.69) is 11.9 Å². The highest BCUT2D eigenvalue weighted by molar-refractivity contribution is 5.53. The third-order valence-corrected chi connectivity index (χ3v) is 2.48. The van der Waals surface area contributed by atoms with Gasteiger partial charge in [-0.05, 0) is 31.2 Å². The average molecular weight is 245 g/mol. The van der Waals surface area contributed by atoms with Gasteiger partial charge in [0.25, 0.3) is 0 Å². The first-order valence-electron chi connectivity index (χ1n) is 5.45. The van der Waals surface area contributed by atoms with Gasteiger partial charge in [0.15, 0.2) is 0 Å². The molecule has 0 atom stereocenters. The summed E-state index contributed by atoms with van der Waals surface area (Å²) in [4.78, 5) is 1.93. The van der Waals surface area contributed by atoms with Crippen LogP contribution in [0.5, 0.6) is 0 Å². The number of anilines is 1. The molecule has 3 nitrogen and oxygen atoms in total. The van der Waals surface area contributed by atoms with E-state index < -0.39 is 5.82 Å². The number of hydrogen-bond acceptors (Lipinski definition) is 3. The van der Waals surface area contributed by atoms with E-state index >= 15 is 0 Å². The van der Waals surface area contributed by atoms with Crippen molar-refractivity contribution in [3.63, 3.8) is 0 Å². The van der Waals surface area contributed by atoms with E-state index in [-0.39, 0.29) is 0 Å². The minimum Gasteiger partial charge on any atom is -0.381 e. The molecule has 4 heteroatoms. The van der Waals surface area contributed by atoms with Gasteiger partial charge < -0.3 is 10.2 Å². The lowest BCUT2D eigenvalue weighted by atomic mass is 10.2. The molecule has 1 aromatic carbocycles. The Labute approximate surface area is 107 Å². The largest absolute Gasteiger partial charge is 0.381 e. The maximum Gasteiger partial charge on any atom is 0.147 e. The Hall–Kier alpha value is -2.28. The topological polar surface area (TPSA) is 39.1 Å². The molecule has 0 aromatic heterocycles. The fourth-order valence-electron chi connectivity index (χ4n) is 1.28. The van der Waals surface area contributed by atoms with E-state index in [1.54, 1.807) is 6.07 Å². The van der Waals surface area contributed by atoms with Crippen molar-refractivity contribution in [2.45, 2.75) is 6.92 Å². The monoisotopic (exact) mass is 245 g/mol. The van der Waals surface area contributed by atoms with Crippen LogP contribution in [0.4, 0.5) is 10.1 Å². The van der Waals surface area contributed by atoms with Crippen LogP contribution in [0, 0.1) is 17.1 Å². The molecule has 0 radical (unpaired) electrons. The number of allylic oxidation sites excluding steroid dienone is 2. The number of hydrogen-bond donors (Lipinski definition) is 1. The first-order valence-corrected chi connectivity index (χ1v) is 5.45. The molecule has 1 N–H and O–H groups in total. The van der Waals surface area contributed by atoms with Gasteiger partial charge in [0.2, 0.25) is 0 Å². The molecular formula is C14H16FN3. The van der Waals surface area contributed by atoms with Gasteiger partial charge >= 0.3 is 0 Å². The Balaban J connectivity index is 2.84. The summed E-state index contributed by atoms with van der Waals surface area (Å²) in [5, 5.41) is 11.5. The Morgan fingerprint density at radius 3 is 2.67 bits per heavy atom. The molecule has 0 saturated carbocycles. The van der Waals surface area contributed by atoms with Crippen molar-refractivity contribution in [1.29, 1.82) is 5.26 Å². The van der Waals surface area contributed by atoms with Crippen molar-refractivity contribution in [3.05, 3.63) is 53.6 Å². The summed E-state index contributed by atoms with van der Waals surface area (Å²) in [5.41, 5.74) is 2.19. The zero-order valence-corrected chi connectivity index (χ0v) is 10.8. The van der Waals surface area contributed by atoms with Crippen LogP contribution in [0.15, 0.2) is 42.2 Å². The summed E-state index contributed by atoms with van der Waals surface area (Å²) < 4.78 is 13.6. The first kappa shape index (κ1) is 13.8. The fourth-order valence-corrected chi connectivity index (χ4v) is 1.28. The van der Waals surface area contributed by atoms with Gasteiger partial charge in [-0.25, -0.2) is 4.39 Å². The average Bonchev–Trinajstić information content (AvgIpc) is 2.31. The Kier molecular flexibility index (Phi) is 4.50. The molecule has 0 bridgehead atoms. The maximum absolute atomic E-state index is 13.6. The molecule has 94 valence electrons. The molecule has 0 aliphatic carbocycles. The van der Waals surface area contributed by atoms with Gasteiger partial charge in [-0.15, -0.1) is 0 Å². The van der Waals surface area contributed by atoms with Crippen LogP contribution in [0.25, 0.3) is 0 Å². The van der Waals surface area contributed by atoms with Gasteiger partial charge in [-0.3, -0.25) is 0 Å². The molecule has 1 rings (SSSR count). The lowest BCUT2D eigenvalue weighted by molar-refractivity contribution is 0.513. The first-order chi connectivity index (χ1) is 8.43. The zero-order chi connectivity index (χ0) is 13.7. The van der Waals surface area contributed by atoms with Gasteiger partial charge in [-0.2, -0.15) is 5.26 Å². The highest BCUT2D eigenvalue weighted by Gasteiger charge is 2.04. The zero-order valence-electron chi connectivity index (χ0n) is 10.8. The number of nitriles is 1. The van der Waals surface area contributed by atoms with E-state index in [0.29, 0.717) is 16.9 Å². The van der Waals surface area contributed by atoms with Crippen LogP contribution in [0.1, 0.15) is 12.5 Å². The summed E-state index contributed by atoms with van der Waals surface area (Å²) in [5.74, 6) is -0.467. The van der Waals surface area contributed by atoms with Crippen LogP contribution in [-0.2, 0) is 0 Å². The molecule has 18 heavy (non-hydrogen) atoms. The number of nitrogens with zero attached hydrogens (tertiary/aromatic N) is 2. The van der Waals surface area contributed by atoms with Gasteiger partial charge in [0, 0.05) is 25.5 Å². The number of halogens is 1. The lowest BCUT2D eigenvalue weighted by Crippen LogP contribution is -2.09. The lowest BCUT2D eigenvalue weighted by Gasteiger charge is -2.14. The summed E-state index contributed by atoms with van der Waals surface area (Å²) in [7, 11) is 3.84. The van der Waals surface area contributed by atoms with Crippen molar-refractivity contribution in [3.8, 4) is 6.07 Å². The van der Waals surface area contributed by atoms with Gasteiger partial charge in [0.05, 0.1) is 17.3 Å². The van der Waals surface area contributed by atoms with Crippen molar-refractivity contribution in [2.75, 3.05) is 19.4 Å². The van der Waals surface area contributed by atoms with Gasteiger partial charge in [-0.1, -0.05) is 6.58 Å². The smallest absolute Gasteiger partial charge is 0.147 e. The molecule has 0 aliphatic heterocycles. The van der Waals surface area contributed by atoms with E-state index in [4.69, 9.17) is 5.26 Å². The quantitative estimate of drug-likeness (QED) is 0.828. The van der Waals surface area contributed by atoms with Crippen molar-refractivity contribution in [2.24, 2.45) is 0 Å². The number of nitrogens with one attached hydrogen (secondary N) is 1. The maximum atomic E-state index is 13.6. The minimum absolute atomic E-state index is 0.295. The Bertz CT molecular complexity index is 524. The van der Waals surface area contributed by atoms with E-state index in [1.165, 1.54) is 12.1 Å². The normalized spacial score (nSPS) is 10.7. The molecule has 0 heterocycles. The van der Waals surface area contributed by atoms with Crippen LogP contribution in [0.3, 0.4) is 0 Å². The molecular weight excluding hydrogens is 229 g/mol. The molecule has 0 spiro atoms. The standard InChI is InChI=1S/C14H16FN3/c1-10(7-11(2)18(3)4)17-14-6-5-12(9-16)8-13(14)15/h5-8,17H,1H2,2-4H3/b11-7-. The number of rotatable bonds is 4. The highest BCUT2D eigenvalue weighted by atomic mass is 19.1. The van der Waals surface area contributed by atoms with Gasteiger partial charge in [0.1, 0.15) is 5.82 Å². The third kappa shape index (κ3) is 3.63. The summed E-state index contributed by atoms with van der Waals surface area (Å²) in [6, 6.07) is 6.16. The Morgan fingerprint density at radius 2 is 2.17 bits per heavy atom. The van der Waals surface area contributed by atoms with Crippen molar-refractivity contribution >= 4 is 5.69 Å². The molecule has 1 aromatic rings. The third-order valence-electron chi connectivity index (χ3n) is 2.48. The van der Waals surface area contributed by atoms with Crippen LogP contribution >= 0.6 is 0 Å². The summed E-state index contributed by atoms with van der Waals surface area (Å²) >= 11 is 0. The van der Waals surface area contributed by atoms with E-state index in [1.807, 2.05) is 38.1 Å². The Morgan fingerprint density at radius 1 is 1.50 bits per heavy atom. The highest BCUT2D eigenvalue weighted by Crippen LogP contribution is 2.17. The fraction of sp³-hybridized carbons (Fsp3) is 0.214. The van der Waals surface area contributed by atoms with Crippen LogP contribution < -0.4 is 5.32 Å².